The Morgan fingerprint density at radius 3 is 3.07 bits per heavy atom. The van der Waals surface area contributed by atoms with E-state index >= 15 is 0 Å². The number of rotatable bonds is 2. The maximum atomic E-state index is 11.0. The Balaban J connectivity index is 2.09. The molecule has 0 aromatic carbocycles. The van der Waals surface area contributed by atoms with E-state index in [9.17, 15) is 9.90 Å². The SMILES string of the molecule is O=Cc1c(N2CC(O)C2)nc2sccn12. The highest BCUT2D eigenvalue weighted by molar-refractivity contribution is 7.15. The number of aliphatic hydroxyl groups is 1. The molecule has 3 heterocycles. The molecule has 0 unspecified atom stereocenters. The third-order valence-electron chi connectivity index (χ3n) is 2.55. The summed E-state index contributed by atoms with van der Waals surface area (Å²) in [6.07, 6.45) is 2.35. The van der Waals surface area contributed by atoms with Crippen LogP contribution >= 0.6 is 11.3 Å². The van der Waals surface area contributed by atoms with E-state index in [1.165, 1.54) is 11.3 Å². The molecule has 5 nitrogen and oxygen atoms in total. The number of imidazole rings is 1. The van der Waals surface area contributed by atoms with Gasteiger partial charge in [-0.2, -0.15) is 0 Å². The predicted octanol–water partition coefficient (Wildman–Crippen LogP) is 0.389. The molecule has 0 amide bonds. The molecule has 0 spiro atoms. The van der Waals surface area contributed by atoms with E-state index in [1.807, 2.05) is 16.5 Å². The van der Waals surface area contributed by atoms with Crippen molar-refractivity contribution in [3.05, 3.63) is 17.3 Å². The highest BCUT2D eigenvalue weighted by Gasteiger charge is 2.29. The summed E-state index contributed by atoms with van der Waals surface area (Å²) in [5, 5.41) is 11.1. The van der Waals surface area contributed by atoms with Crippen LogP contribution in [0.25, 0.3) is 4.96 Å². The maximum absolute atomic E-state index is 11.0. The lowest BCUT2D eigenvalue weighted by Gasteiger charge is -2.36. The van der Waals surface area contributed by atoms with E-state index in [2.05, 4.69) is 4.98 Å². The van der Waals surface area contributed by atoms with Gasteiger partial charge in [-0.15, -0.1) is 11.3 Å². The Labute approximate surface area is 89.6 Å². The fourth-order valence-corrected chi connectivity index (χ4v) is 2.48. The molecule has 78 valence electrons. The van der Waals surface area contributed by atoms with E-state index < -0.39 is 0 Å². The number of carbonyl (C=O) groups excluding carboxylic acids is 1. The number of aldehydes is 1. The van der Waals surface area contributed by atoms with Crippen LogP contribution in [0.15, 0.2) is 11.6 Å². The number of fused-ring (bicyclic) bond motifs is 1. The summed E-state index contributed by atoms with van der Waals surface area (Å²) in [6, 6.07) is 0. The second-order valence-corrected chi connectivity index (χ2v) is 4.43. The zero-order valence-corrected chi connectivity index (χ0v) is 8.65. The van der Waals surface area contributed by atoms with Crippen LogP contribution in [0.1, 0.15) is 10.5 Å². The second-order valence-electron chi connectivity index (χ2n) is 3.55. The monoisotopic (exact) mass is 223 g/mol. The van der Waals surface area contributed by atoms with Crippen molar-refractivity contribution in [3.8, 4) is 0 Å². The van der Waals surface area contributed by atoms with E-state index in [4.69, 9.17) is 0 Å². The van der Waals surface area contributed by atoms with Crippen molar-refractivity contribution in [2.45, 2.75) is 6.10 Å². The molecule has 1 N–H and O–H groups in total. The van der Waals surface area contributed by atoms with Crippen LogP contribution in [-0.4, -0.2) is 40.0 Å². The first kappa shape index (κ1) is 8.87. The predicted molar refractivity (Wildman–Crippen MR) is 56.7 cm³/mol. The van der Waals surface area contributed by atoms with Gasteiger partial charge < -0.3 is 10.0 Å². The molecule has 0 atom stereocenters. The molecule has 2 aromatic rings. The minimum absolute atomic E-state index is 0.288. The molecule has 0 aliphatic carbocycles. The van der Waals surface area contributed by atoms with E-state index in [0.717, 1.165) is 11.2 Å². The van der Waals surface area contributed by atoms with Crippen LogP contribution < -0.4 is 4.90 Å². The molecule has 3 rings (SSSR count). The van der Waals surface area contributed by atoms with Crippen molar-refractivity contribution in [2.75, 3.05) is 18.0 Å². The van der Waals surface area contributed by atoms with Crippen LogP contribution in [0.5, 0.6) is 0 Å². The summed E-state index contributed by atoms with van der Waals surface area (Å²) < 4.78 is 1.78. The molecule has 1 saturated heterocycles. The molecule has 1 aliphatic rings. The number of aromatic nitrogens is 2. The summed E-state index contributed by atoms with van der Waals surface area (Å²) in [4.78, 5) is 18.1. The van der Waals surface area contributed by atoms with Crippen molar-refractivity contribution >= 4 is 28.4 Å². The number of hydrogen-bond acceptors (Lipinski definition) is 5. The average Bonchev–Trinajstić information content (AvgIpc) is 2.71. The van der Waals surface area contributed by atoms with Crippen molar-refractivity contribution in [1.29, 1.82) is 0 Å². The average molecular weight is 223 g/mol. The lowest BCUT2D eigenvalue weighted by atomic mass is 10.1. The van der Waals surface area contributed by atoms with E-state index in [1.54, 1.807) is 4.40 Å². The van der Waals surface area contributed by atoms with Gasteiger partial charge in [0.25, 0.3) is 0 Å². The highest BCUT2D eigenvalue weighted by atomic mass is 32.1. The van der Waals surface area contributed by atoms with Crippen LogP contribution in [0, 0.1) is 0 Å². The van der Waals surface area contributed by atoms with Crippen molar-refractivity contribution in [1.82, 2.24) is 9.38 Å². The van der Waals surface area contributed by atoms with Crippen molar-refractivity contribution in [2.24, 2.45) is 0 Å². The lowest BCUT2D eigenvalue weighted by Crippen LogP contribution is -2.51. The second kappa shape index (κ2) is 3.04. The molecule has 2 aromatic heterocycles. The van der Waals surface area contributed by atoms with Gasteiger partial charge in [0.2, 0.25) is 0 Å². The molecule has 0 radical (unpaired) electrons. The van der Waals surface area contributed by atoms with Crippen LogP contribution in [0.3, 0.4) is 0 Å². The van der Waals surface area contributed by atoms with E-state index in [0.29, 0.717) is 24.6 Å². The van der Waals surface area contributed by atoms with Gasteiger partial charge in [-0.1, -0.05) is 0 Å². The van der Waals surface area contributed by atoms with Crippen LogP contribution in [-0.2, 0) is 0 Å². The van der Waals surface area contributed by atoms with E-state index in [-0.39, 0.29) is 6.10 Å². The molecule has 15 heavy (non-hydrogen) atoms. The molecule has 6 heteroatoms. The number of nitrogens with zero attached hydrogens (tertiary/aromatic N) is 3. The Kier molecular flexibility index (Phi) is 1.80. The minimum Gasteiger partial charge on any atom is -0.389 e. The summed E-state index contributed by atoms with van der Waals surface area (Å²) in [7, 11) is 0. The Morgan fingerprint density at radius 2 is 2.40 bits per heavy atom. The first-order valence-electron chi connectivity index (χ1n) is 4.63. The Hall–Kier alpha value is -1.40. The van der Waals surface area contributed by atoms with Crippen molar-refractivity contribution in [3.63, 3.8) is 0 Å². The number of thiazole rings is 1. The van der Waals surface area contributed by atoms with Gasteiger partial charge in [0.05, 0.1) is 6.10 Å². The number of β-amino-alcohol motifs (C(OH)–C–C–N with tert-alkyl or cyclic N) is 1. The number of aliphatic hydroxyl groups excluding tert-OH is 1. The van der Waals surface area contributed by atoms with Crippen LogP contribution in [0.4, 0.5) is 5.82 Å². The first-order chi connectivity index (χ1) is 7.29. The van der Waals surface area contributed by atoms with Gasteiger partial charge in [-0.25, -0.2) is 4.98 Å². The Bertz CT molecular complexity index is 512. The lowest BCUT2D eigenvalue weighted by molar-refractivity contribution is 0.111. The highest BCUT2D eigenvalue weighted by Crippen LogP contribution is 2.26. The molecular formula is C9H9N3O2S. The summed E-state index contributed by atoms with van der Waals surface area (Å²) in [6.45, 7) is 1.12. The number of hydrogen-bond donors (Lipinski definition) is 1. The maximum Gasteiger partial charge on any atom is 0.196 e. The molecule has 0 saturated carbocycles. The van der Waals surface area contributed by atoms with Crippen molar-refractivity contribution < 1.29 is 9.90 Å². The third-order valence-corrected chi connectivity index (χ3v) is 3.31. The molecule has 1 fully saturated rings. The summed E-state index contributed by atoms with van der Waals surface area (Å²) in [5.74, 6) is 0.683. The summed E-state index contributed by atoms with van der Waals surface area (Å²) in [5.41, 5.74) is 0.568. The fourth-order valence-electron chi connectivity index (χ4n) is 1.76. The normalized spacial score (nSPS) is 17.0. The van der Waals surface area contributed by atoms with Crippen LogP contribution in [0.2, 0.25) is 0 Å². The fraction of sp³-hybridized carbons (Fsp3) is 0.333. The van der Waals surface area contributed by atoms with Gasteiger partial charge in [0.15, 0.2) is 17.1 Å². The van der Waals surface area contributed by atoms with Gasteiger partial charge in [0, 0.05) is 24.7 Å². The molecular weight excluding hydrogens is 214 g/mol. The van der Waals surface area contributed by atoms with Gasteiger partial charge in [-0.05, 0) is 0 Å². The molecule has 0 bridgehead atoms. The topological polar surface area (TPSA) is 57.8 Å². The third kappa shape index (κ3) is 1.18. The zero-order valence-electron chi connectivity index (χ0n) is 7.83. The smallest absolute Gasteiger partial charge is 0.196 e. The summed E-state index contributed by atoms with van der Waals surface area (Å²) >= 11 is 1.49. The quantitative estimate of drug-likeness (QED) is 0.748. The Morgan fingerprint density at radius 1 is 1.60 bits per heavy atom. The van der Waals surface area contributed by atoms with Gasteiger partial charge >= 0.3 is 0 Å². The minimum atomic E-state index is -0.288. The first-order valence-corrected chi connectivity index (χ1v) is 5.51. The zero-order chi connectivity index (χ0) is 10.4. The number of carbonyl (C=O) groups is 1. The van der Waals surface area contributed by atoms with Gasteiger partial charge in [0.1, 0.15) is 5.69 Å². The standard InChI is InChI=1S/C9H9N3O2S/c13-5-7-8(11-3-6(14)4-11)10-9-12(7)1-2-15-9/h1-2,5-6,14H,3-4H2. The van der Waals surface area contributed by atoms with Gasteiger partial charge in [-0.3, -0.25) is 9.20 Å². The molecule has 1 aliphatic heterocycles. The number of anilines is 1. The largest absolute Gasteiger partial charge is 0.389 e.